The summed E-state index contributed by atoms with van der Waals surface area (Å²) < 4.78 is 0. The third-order valence-electron chi connectivity index (χ3n) is 5.10. The molecule has 2 heterocycles. The first-order chi connectivity index (χ1) is 14.3. The molecule has 29 heavy (non-hydrogen) atoms. The first kappa shape index (κ1) is 19.6. The van der Waals surface area contributed by atoms with Gasteiger partial charge in [0.1, 0.15) is 5.01 Å². The minimum absolute atomic E-state index is 0.175. The molecule has 0 spiro atoms. The fourth-order valence-electron chi connectivity index (χ4n) is 3.45. The van der Waals surface area contributed by atoms with E-state index in [4.69, 9.17) is 0 Å². The van der Waals surface area contributed by atoms with Crippen molar-refractivity contribution in [1.82, 2.24) is 14.8 Å². The topological polar surface area (TPSA) is 36.4 Å². The number of nitrogens with zero attached hydrogens (tertiary/aromatic N) is 3. The number of amides is 1. The van der Waals surface area contributed by atoms with E-state index in [9.17, 15) is 4.79 Å². The van der Waals surface area contributed by atoms with Crippen molar-refractivity contribution in [2.24, 2.45) is 0 Å². The van der Waals surface area contributed by atoms with Crippen molar-refractivity contribution in [1.29, 1.82) is 0 Å². The average molecular weight is 404 g/mol. The SMILES string of the molecule is O=C(Cc1csc(-c2ccccc2)n1)N1CCN(C/C=C/c2ccccc2)CC1. The maximum Gasteiger partial charge on any atom is 0.228 e. The molecule has 0 radical (unpaired) electrons. The van der Waals surface area contributed by atoms with E-state index in [2.05, 4.69) is 58.4 Å². The first-order valence-electron chi connectivity index (χ1n) is 9.99. The third kappa shape index (κ3) is 5.40. The Morgan fingerprint density at radius 1 is 0.966 bits per heavy atom. The van der Waals surface area contributed by atoms with Gasteiger partial charge < -0.3 is 4.90 Å². The number of benzene rings is 2. The largest absolute Gasteiger partial charge is 0.340 e. The minimum Gasteiger partial charge on any atom is -0.340 e. The molecule has 0 saturated carbocycles. The van der Waals surface area contributed by atoms with Gasteiger partial charge >= 0.3 is 0 Å². The highest BCUT2D eigenvalue weighted by atomic mass is 32.1. The summed E-state index contributed by atoms with van der Waals surface area (Å²) >= 11 is 1.60. The number of rotatable bonds is 6. The van der Waals surface area contributed by atoms with Crippen LogP contribution in [-0.4, -0.2) is 53.4 Å². The number of hydrogen-bond donors (Lipinski definition) is 0. The number of carbonyl (C=O) groups is 1. The summed E-state index contributed by atoms with van der Waals surface area (Å²) in [6.45, 7) is 4.32. The van der Waals surface area contributed by atoms with Gasteiger partial charge in [-0.25, -0.2) is 4.98 Å². The Morgan fingerprint density at radius 3 is 2.38 bits per heavy atom. The number of thiazole rings is 1. The molecular weight excluding hydrogens is 378 g/mol. The quantitative estimate of drug-likeness (QED) is 0.619. The van der Waals surface area contributed by atoms with Gasteiger partial charge in [0.25, 0.3) is 0 Å². The van der Waals surface area contributed by atoms with Crippen LogP contribution in [0.1, 0.15) is 11.3 Å². The third-order valence-corrected chi connectivity index (χ3v) is 6.04. The van der Waals surface area contributed by atoms with Crippen LogP contribution >= 0.6 is 11.3 Å². The van der Waals surface area contributed by atoms with Crippen LogP contribution in [0.15, 0.2) is 72.1 Å². The van der Waals surface area contributed by atoms with Gasteiger partial charge in [0, 0.05) is 43.7 Å². The molecule has 0 atom stereocenters. The Hall–Kier alpha value is -2.76. The number of piperazine rings is 1. The fourth-order valence-corrected chi connectivity index (χ4v) is 4.28. The average Bonchev–Trinajstić information content (AvgIpc) is 3.24. The molecule has 2 aromatic carbocycles. The minimum atomic E-state index is 0.175. The van der Waals surface area contributed by atoms with E-state index < -0.39 is 0 Å². The molecule has 1 fully saturated rings. The molecule has 1 amide bonds. The Morgan fingerprint density at radius 2 is 1.66 bits per heavy atom. The smallest absolute Gasteiger partial charge is 0.228 e. The zero-order valence-corrected chi connectivity index (χ0v) is 17.2. The van der Waals surface area contributed by atoms with Crippen LogP contribution < -0.4 is 0 Å². The van der Waals surface area contributed by atoms with E-state index in [1.54, 1.807) is 11.3 Å². The lowest BCUT2D eigenvalue weighted by Gasteiger charge is -2.34. The summed E-state index contributed by atoms with van der Waals surface area (Å²) in [5.41, 5.74) is 3.19. The van der Waals surface area contributed by atoms with Crippen LogP contribution in [-0.2, 0) is 11.2 Å². The molecule has 0 unspecified atom stereocenters. The first-order valence-corrected chi connectivity index (χ1v) is 10.9. The lowest BCUT2D eigenvalue weighted by atomic mass is 10.2. The lowest BCUT2D eigenvalue weighted by Crippen LogP contribution is -2.49. The molecule has 0 aliphatic carbocycles. The summed E-state index contributed by atoms with van der Waals surface area (Å²) in [6, 6.07) is 20.5. The van der Waals surface area contributed by atoms with Gasteiger partial charge in [-0.05, 0) is 5.56 Å². The van der Waals surface area contributed by atoms with Crippen molar-refractivity contribution in [3.8, 4) is 10.6 Å². The molecule has 0 N–H and O–H groups in total. The fraction of sp³-hybridized carbons (Fsp3) is 0.250. The van der Waals surface area contributed by atoms with E-state index in [1.165, 1.54) is 5.56 Å². The Balaban J connectivity index is 1.24. The van der Waals surface area contributed by atoms with E-state index in [0.29, 0.717) is 6.42 Å². The Kier molecular flexibility index (Phi) is 6.49. The zero-order valence-electron chi connectivity index (χ0n) is 16.4. The highest BCUT2D eigenvalue weighted by molar-refractivity contribution is 7.13. The Bertz CT molecular complexity index is 945. The molecule has 1 saturated heterocycles. The Labute approximate surface area is 176 Å². The summed E-state index contributed by atoms with van der Waals surface area (Å²) in [4.78, 5) is 21.7. The molecule has 5 heteroatoms. The number of carbonyl (C=O) groups excluding carboxylic acids is 1. The maximum absolute atomic E-state index is 12.7. The molecule has 1 aromatic heterocycles. The van der Waals surface area contributed by atoms with Gasteiger partial charge in [0.2, 0.25) is 5.91 Å². The van der Waals surface area contributed by atoms with Gasteiger partial charge in [0.05, 0.1) is 12.1 Å². The zero-order chi connectivity index (χ0) is 19.9. The monoisotopic (exact) mass is 403 g/mol. The predicted molar refractivity (Wildman–Crippen MR) is 120 cm³/mol. The molecule has 4 nitrogen and oxygen atoms in total. The van der Waals surface area contributed by atoms with Gasteiger partial charge in [0.15, 0.2) is 0 Å². The van der Waals surface area contributed by atoms with Gasteiger partial charge in [-0.1, -0.05) is 72.8 Å². The van der Waals surface area contributed by atoms with Crippen LogP contribution in [0.3, 0.4) is 0 Å². The molecule has 0 bridgehead atoms. The standard InChI is InChI=1S/C24H25N3OS/c28-23(18-22-19-29-24(25-22)21-11-5-2-6-12-21)27-16-14-26(15-17-27)13-7-10-20-8-3-1-4-9-20/h1-12,19H,13-18H2/b10-7+. The molecule has 1 aliphatic heterocycles. The lowest BCUT2D eigenvalue weighted by molar-refractivity contribution is -0.132. The van der Waals surface area contributed by atoms with Gasteiger partial charge in [-0.15, -0.1) is 11.3 Å². The van der Waals surface area contributed by atoms with Crippen LogP contribution in [0, 0.1) is 0 Å². The van der Waals surface area contributed by atoms with Crippen LogP contribution in [0.4, 0.5) is 0 Å². The molecule has 1 aliphatic rings. The second-order valence-corrected chi connectivity index (χ2v) is 8.04. The van der Waals surface area contributed by atoms with Crippen molar-refractivity contribution in [2.45, 2.75) is 6.42 Å². The normalized spacial score (nSPS) is 15.1. The van der Waals surface area contributed by atoms with E-state index in [-0.39, 0.29) is 5.91 Å². The van der Waals surface area contributed by atoms with E-state index >= 15 is 0 Å². The number of hydrogen-bond acceptors (Lipinski definition) is 4. The highest BCUT2D eigenvalue weighted by Gasteiger charge is 2.21. The van der Waals surface area contributed by atoms with Gasteiger partial charge in [-0.2, -0.15) is 0 Å². The second-order valence-electron chi connectivity index (χ2n) is 7.18. The van der Waals surface area contributed by atoms with Crippen molar-refractivity contribution in [2.75, 3.05) is 32.7 Å². The molecule has 3 aromatic rings. The summed E-state index contributed by atoms with van der Waals surface area (Å²) in [5, 5.41) is 2.98. The molecular formula is C24H25N3OS. The van der Waals surface area contributed by atoms with Crippen LogP contribution in [0.5, 0.6) is 0 Å². The van der Waals surface area contributed by atoms with Crippen LogP contribution in [0.2, 0.25) is 0 Å². The number of aromatic nitrogens is 1. The van der Waals surface area contributed by atoms with E-state index in [1.807, 2.05) is 34.5 Å². The summed E-state index contributed by atoms with van der Waals surface area (Å²) in [6.07, 6.45) is 4.74. The van der Waals surface area contributed by atoms with Crippen LogP contribution in [0.25, 0.3) is 16.6 Å². The van der Waals surface area contributed by atoms with E-state index in [0.717, 1.165) is 49.0 Å². The summed E-state index contributed by atoms with van der Waals surface area (Å²) in [7, 11) is 0. The predicted octanol–water partition coefficient (Wildman–Crippen LogP) is 4.21. The van der Waals surface area contributed by atoms with Crippen molar-refractivity contribution in [3.05, 3.63) is 83.4 Å². The van der Waals surface area contributed by atoms with Crippen molar-refractivity contribution < 1.29 is 4.79 Å². The van der Waals surface area contributed by atoms with Crippen molar-refractivity contribution >= 4 is 23.3 Å². The molecule has 148 valence electrons. The molecule has 4 rings (SSSR count). The highest BCUT2D eigenvalue weighted by Crippen LogP contribution is 2.23. The summed E-state index contributed by atoms with van der Waals surface area (Å²) in [5.74, 6) is 0.175. The second kappa shape index (κ2) is 9.63. The van der Waals surface area contributed by atoms with Gasteiger partial charge in [-0.3, -0.25) is 9.69 Å². The van der Waals surface area contributed by atoms with Crippen molar-refractivity contribution in [3.63, 3.8) is 0 Å². The maximum atomic E-state index is 12.7.